The molecule has 24 heavy (non-hydrogen) atoms. The average molecular weight is 336 g/mol. The van der Waals surface area contributed by atoms with Gasteiger partial charge in [0.25, 0.3) is 5.91 Å². The summed E-state index contributed by atoms with van der Waals surface area (Å²) in [5.74, 6) is 1.08. The van der Waals surface area contributed by atoms with Crippen molar-refractivity contribution in [3.8, 4) is 0 Å². The first-order valence-electron chi connectivity index (χ1n) is 8.65. The number of guanidine groups is 1. The number of furan rings is 1. The van der Waals surface area contributed by atoms with E-state index < -0.39 is 0 Å². The molecule has 2 rings (SSSR count). The zero-order valence-corrected chi connectivity index (χ0v) is 14.5. The van der Waals surface area contributed by atoms with Gasteiger partial charge in [0.05, 0.1) is 12.4 Å². The minimum absolute atomic E-state index is 0.182. The summed E-state index contributed by atoms with van der Waals surface area (Å²) >= 11 is 0. The highest BCUT2D eigenvalue weighted by molar-refractivity contribution is 5.92. The number of aliphatic imine (C=N–C) groups is 1. The third-order valence-electron chi connectivity index (χ3n) is 4.05. The van der Waals surface area contributed by atoms with E-state index in [0.29, 0.717) is 18.8 Å². The number of carbonyl (C=O) groups excluding carboxylic acids is 1. The molecular formula is C17H28N4O3. The minimum Gasteiger partial charge on any atom is -0.459 e. The summed E-state index contributed by atoms with van der Waals surface area (Å²) in [6.45, 7) is 7.54. The fraction of sp³-hybridized carbons (Fsp3) is 0.647. The van der Waals surface area contributed by atoms with Crippen LogP contribution in [-0.2, 0) is 0 Å². The van der Waals surface area contributed by atoms with E-state index >= 15 is 0 Å². The van der Waals surface area contributed by atoms with Crippen LogP contribution in [-0.4, -0.2) is 60.7 Å². The zero-order chi connectivity index (χ0) is 17.4. The van der Waals surface area contributed by atoms with Gasteiger partial charge in [-0.3, -0.25) is 9.79 Å². The number of nitrogens with one attached hydrogen (secondary N) is 2. The summed E-state index contributed by atoms with van der Waals surface area (Å²) in [5.41, 5.74) is 0.840. The lowest BCUT2D eigenvalue weighted by Crippen LogP contribution is -2.46. The van der Waals surface area contributed by atoms with Gasteiger partial charge in [0.1, 0.15) is 0 Å². The summed E-state index contributed by atoms with van der Waals surface area (Å²) in [5, 5.41) is 15.7. The maximum Gasteiger partial charge on any atom is 0.287 e. The van der Waals surface area contributed by atoms with E-state index in [-0.39, 0.29) is 12.0 Å². The lowest BCUT2D eigenvalue weighted by Gasteiger charge is -2.32. The van der Waals surface area contributed by atoms with E-state index in [4.69, 9.17) is 4.42 Å². The van der Waals surface area contributed by atoms with Crippen molar-refractivity contribution in [2.75, 3.05) is 32.7 Å². The van der Waals surface area contributed by atoms with Crippen LogP contribution in [0, 0.1) is 6.92 Å². The van der Waals surface area contributed by atoms with Gasteiger partial charge in [0.15, 0.2) is 11.7 Å². The standard InChI is InChI=1S/C17H28N4O3/c1-3-18-17(21-10-5-14(22)6-11-21)20-9-4-8-19-16(23)15-13(2)7-12-24-15/h7,12,14,22H,3-6,8-11H2,1-2H3,(H,18,20)(H,19,23). The van der Waals surface area contributed by atoms with Gasteiger partial charge in [-0.05, 0) is 39.2 Å². The van der Waals surface area contributed by atoms with Crippen molar-refractivity contribution in [1.29, 1.82) is 0 Å². The SMILES string of the molecule is CCNC(=NCCCNC(=O)c1occc1C)N1CCC(O)CC1. The normalized spacial score (nSPS) is 16.3. The molecule has 1 fully saturated rings. The van der Waals surface area contributed by atoms with Crippen molar-refractivity contribution in [1.82, 2.24) is 15.5 Å². The number of carbonyl (C=O) groups is 1. The summed E-state index contributed by atoms with van der Waals surface area (Å²) in [6, 6.07) is 1.78. The van der Waals surface area contributed by atoms with Gasteiger partial charge in [-0.25, -0.2) is 0 Å². The van der Waals surface area contributed by atoms with Crippen LogP contribution in [0.25, 0.3) is 0 Å². The number of likely N-dealkylation sites (tertiary alicyclic amines) is 1. The van der Waals surface area contributed by atoms with E-state index in [2.05, 4.69) is 20.5 Å². The predicted molar refractivity (Wildman–Crippen MR) is 93.2 cm³/mol. The number of rotatable bonds is 6. The largest absolute Gasteiger partial charge is 0.459 e. The number of aryl methyl sites for hydroxylation is 1. The molecule has 2 heterocycles. The Labute approximate surface area is 143 Å². The molecule has 3 N–H and O–H groups in total. The predicted octanol–water partition coefficient (Wildman–Crippen LogP) is 1.13. The van der Waals surface area contributed by atoms with Crippen LogP contribution in [0.2, 0.25) is 0 Å². The molecule has 0 radical (unpaired) electrons. The molecule has 0 saturated carbocycles. The monoisotopic (exact) mass is 336 g/mol. The second-order valence-electron chi connectivity index (χ2n) is 6.00. The number of aliphatic hydroxyl groups is 1. The minimum atomic E-state index is -0.190. The molecule has 7 nitrogen and oxygen atoms in total. The smallest absolute Gasteiger partial charge is 0.287 e. The second-order valence-corrected chi connectivity index (χ2v) is 6.00. The van der Waals surface area contributed by atoms with Crippen LogP contribution in [0.5, 0.6) is 0 Å². The van der Waals surface area contributed by atoms with Gasteiger partial charge in [-0.15, -0.1) is 0 Å². The van der Waals surface area contributed by atoms with Crippen molar-refractivity contribution in [3.63, 3.8) is 0 Å². The topological polar surface area (TPSA) is 90.1 Å². The third-order valence-corrected chi connectivity index (χ3v) is 4.05. The van der Waals surface area contributed by atoms with Crippen LogP contribution in [0.15, 0.2) is 21.7 Å². The maximum absolute atomic E-state index is 11.9. The molecule has 0 atom stereocenters. The molecule has 1 amide bonds. The third kappa shape index (κ3) is 5.26. The molecule has 1 aromatic rings. The van der Waals surface area contributed by atoms with Gasteiger partial charge >= 0.3 is 0 Å². The Morgan fingerprint density at radius 1 is 1.42 bits per heavy atom. The van der Waals surface area contributed by atoms with Gasteiger partial charge in [0, 0.05) is 38.3 Å². The van der Waals surface area contributed by atoms with E-state index in [1.54, 1.807) is 6.07 Å². The first kappa shape index (κ1) is 18.3. The van der Waals surface area contributed by atoms with Crippen LogP contribution >= 0.6 is 0 Å². The van der Waals surface area contributed by atoms with Crippen LogP contribution in [0.3, 0.4) is 0 Å². The number of aliphatic hydroxyl groups excluding tert-OH is 1. The number of amides is 1. The summed E-state index contributed by atoms with van der Waals surface area (Å²) in [6.07, 6.45) is 3.65. The van der Waals surface area contributed by atoms with E-state index in [9.17, 15) is 9.90 Å². The number of nitrogens with zero attached hydrogens (tertiary/aromatic N) is 2. The molecule has 1 aromatic heterocycles. The van der Waals surface area contributed by atoms with E-state index in [1.165, 1.54) is 6.26 Å². The molecule has 0 unspecified atom stereocenters. The fourth-order valence-corrected chi connectivity index (χ4v) is 2.66. The zero-order valence-electron chi connectivity index (χ0n) is 14.5. The van der Waals surface area contributed by atoms with Crippen LogP contribution in [0.4, 0.5) is 0 Å². The van der Waals surface area contributed by atoms with E-state index in [1.807, 2.05) is 13.8 Å². The Hall–Kier alpha value is -2.02. The molecule has 0 spiro atoms. The van der Waals surface area contributed by atoms with Crippen molar-refractivity contribution in [2.24, 2.45) is 4.99 Å². The molecule has 0 aliphatic carbocycles. The lowest BCUT2D eigenvalue weighted by molar-refractivity contribution is 0.0925. The molecular weight excluding hydrogens is 308 g/mol. The Morgan fingerprint density at radius 3 is 2.79 bits per heavy atom. The Bertz CT molecular complexity index is 548. The van der Waals surface area contributed by atoms with Gasteiger partial charge in [-0.2, -0.15) is 0 Å². The Balaban J connectivity index is 1.74. The molecule has 1 aliphatic rings. The summed E-state index contributed by atoms with van der Waals surface area (Å²) < 4.78 is 5.16. The molecule has 7 heteroatoms. The van der Waals surface area contributed by atoms with Crippen molar-refractivity contribution in [2.45, 2.75) is 39.2 Å². The Morgan fingerprint density at radius 2 is 2.17 bits per heavy atom. The van der Waals surface area contributed by atoms with Gasteiger partial charge < -0.3 is 25.1 Å². The van der Waals surface area contributed by atoms with Crippen LogP contribution < -0.4 is 10.6 Å². The first-order valence-corrected chi connectivity index (χ1v) is 8.65. The van der Waals surface area contributed by atoms with Crippen molar-refractivity contribution in [3.05, 3.63) is 23.7 Å². The van der Waals surface area contributed by atoms with Crippen molar-refractivity contribution >= 4 is 11.9 Å². The summed E-state index contributed by atoms with van der Waals surface area (Å²) in [4.78, 5) is 18.7. The molecule has 0 bridgehead atoms. The first-order chi connectivity index (χ1) is 11.6. The lowest BCUT2D eigenvalue weighted by atomic mass is 10.1. The quantitative estimate of drug-likeness (QED) is 0.412. The van der Waals surface area contributed by atoms with Crippen molar-refractivity contribution < 1.29 is 14.3 Å². The highest BCUT2D eigenvalue weighted by Gasteiger charge is 2.19. The summed E-state index contributed by atoms with van der Waals surface area (Å²) in [7, 11) is 0. The average Bonchev–Trinajstić information content (AvgIpc) is 3.00. The number of hydrogen-bond donors (Lipinski definition) is 3. The maximum atomic E-state index is 11.9. The highest BCUT2D eigenvalue weighted by Crippen LogP contribution is 2.10. The molecule has 134 valence electrons. The van der Waals surface area contributed by atoms with Crippen LogP contribution in [0.1, 0.15) is 42.3 Å². The highest BCUT2D eigenvalue weighted by atomic mass is 16.3. The molecule has 1 aliphatic heterocycles. The molecule has 0 aromatic carbocycles. The Kier molecular flexibility index (Phi) is 7.11. The fourth-order valence-electron chi connectivity index (χ4n) is 2.66. The number of piperidine rings is 1. The second kappa shape index (κ2) is 9.32. The van der Waals surface area contributed by atoms with Gasteiger partial charge in [0.2, 0.25) is 0 Å². The molecule has 1 saturated heterocycles. The van der Waals surface area contributed by atoms with Gasteiger partial charge in [-0.1, -0.05) is 0 Å². The van der Waals surface area contributed by atoms with E-state index in [0.717, 1.165) is 50.4 Å². The number of hydrogen-bond acceptors (Lipinski definition) is 4.